The summed E-state index contributed by atoms with van der Waals surface area (Å²) in [7, 11) is 1.33. The van der Waals surface area contributed by atoms with E-state index in [4.69, 9.17) is 4.74 Å². The topological polar surface area (TPSA) is 67.4 Å². The standard InChI is InChI=1S/C14H16N2O3/c1-8-5-4-6-10(7-8)12-11(13(17)19-3)9(2)15-14(18)16-12/h4-7,12H,1-3H3,(H2,15,16,18). The molecular weight excluding hydrogens is 244 g/mol. The van der Waals surface area contributed by atoms with E-state index in [1.54, 1.807) is 6.92 Å². The van der Waals surface area contributed by atoms with E-state index >= 15 is 0 Å². The van der Waals surface area contributed by atoms with Crippen LogP contribution in [0.4, 0.5) is 4.79 Å². The first-order valence-electron chi connectivity index (χ1n) is 5.96. The molecule has 1 heterocycles. The predicted octanol–water partition coefficient (Wildman–Crippen LogP) is 1.80. The minimum Gasteiger partial charge on any atom is -0.466 e. The maximum Gasteiger partial charge on any atom is 0.337 e. The average Bonchev–Trinajstić information content (AvgIpc) is 2.37. The highest BCUT2D eigenvalue weighted by Gasteiger charge is 2.31. The fourth-order valence-corrected chi connectivity index (χ4v) is 2.17. The fraction of sp³-hybridized carbons (Fsp3) is 0.286. The van der Waals surface area contributed by atoms with E-state index in [-0.39, 0.29) is 6.03 Å². The molecule has 0 bridgehead atoms. The molecule has 2 N–H and O–H groups in total. The molecule has 5 heteroatoms. The first kappa shape index (κ1) is 13.1. The van der Waals surface area contributed by atoms with Gasteiger partial charge in [0.05, 0.1) is 18.7 Å². The van der Waals surface area contributed by atoms with Crippen LogP contribution in [0.1, 0.15) is 24.1 Å². The molecule has 0 fully saturated rings. The molecule has 100 valence electrons. The van der Waals surface area contributed by atoms with Gasteiger partial charge in [-0.25, -0.2) is 9.59 Å². The molecule has 0 saturated heterocycles. The number of amides is 2. The average molecular weight is 260 g/mol. The summed E-state index contributed by atoms with van der Waals surface area (Å²) in [4.78, 5) is 23.5. The van der Waals surface area contributed by atoms with Crippen molar-refractivity contribution < 1.29 is 14.3 Å². The van der Waals surface area contributed by atoms with Crippen molar-refractivity contribution in [2.24, 2.45) is 0 Å². The minimum atomic E-state index is -0.485. The molecule has 19 heavy (non-hydrogen) atoms. The lowest BCUT2D eigenvalue weighted by atomic mass is 9.94. The molecule has 1 unspecified atom stereocenters. The number of nitrogens with one attached hydrogen (secondary N) is 2. The molecule has 1 aliphatic rings. The highest BCUT2D eigenvalue weighted by molar-refractivity contribution is 5.94. The van der Waals surface area contributed by atoms with Gasteiger partial charge in [-0.3, -0.25) is 0 Å². The third-order valence-corrected chi connectivity index (χ3v) is 3.05. The number of allylic oxidation sites excluding steroid dienone is 1. The van der Waals surface area contributed by atoms with Crippen LogP contribution < -0.4 is 10.6 Å². The Labute approximate surface area is 111 Å². The number of rotatable bonds is 2. The van der Waals surface area contributed by atoms with Crippen LogP contribution in [0.3, 0.4) is 0 Å². The van der Waals surface area contributed by atoms with Crippen molar-refractivity contribution in [3.63, 3.8) is 0 Å². The molecule has 0 saturated carbocycles. The van der Waals surface area contributed by atoms with Gasteiger partial charge in [0.1, 0.15) is 0 Å². The second-order valence-electron chi connectivity index (χ2n) is 4.48. The zero-order chi connectivity index (χ0) is 14.0. The van der Waals surface area contributed by atoms with Crippen LogP contribution in [-0.4, -0.2) is 19.1 Å². The van der Waals surface area contributed by atoms with Gasteiger partial charge in [0.2, 0.25) is 0 Å². The van der Waals surface area contributed by atoms with Crippen molar-refractivity contribution in [2.75, 3.05) is 7.11 Å². The zero-order valence-electron chi connectivity index (χ0n) is 11.1. The van der Waals surface area contributed by atoms with Gasteiger partial charge in [-0.15, -0.1) is 0 Å². The first-order valence-corrected chi connectivity index (χ1v) is 5.96. The summed E-state index contributed by atoms with van der Waals surface area (Å²) >= 11 is 0. The number of hydrogen-bond acceptors (Lipinski definition) is 3. The van der Waals surface area contributed by atoms with E-state index in [0.717, 1.165) is 11.1 Å². The third kappa shape index (κ3) is 2.59. The van der Waals surface area contributed by atoms with Crippen LogP contribution in [0.15, 0.2) is 35.5 Å². The number of aryl methyl sites for hydroxylation is 1. The molecule has 0 aliphatic carbocycles. The van der Waals surface area contributed by atoms with E-state index in [2.05, 4.69) is 10.6 Å². The van der Waals surface area contributed by atoms with Crippen LogP contribution in [0.25, 0.3) is 0 Å². The van der Waals surface area contributed by atoms with Crippen LogP contribution in [0, 0.1) is 6.92 Å². The minimum absolute atomic E-state index is 0.323. The monoisotopic (exact) mass is 260 g/mol. The number of carbonyl (C=O) groups excluding carboxylic acids is 2. The molecule has 5 nitrogen and oxygen atoms in total. The third-order valence-electron chi connectivity index (χ3n) is 3.05. The summed E-state index contributed by atoms with van der Waals surface area (Å²) in [6.07, 6.45) is 0. The Kier molecular flexibility index (Phi) is 3.55. The van der Waals surface area contributed by atoms with Gasteiger partial charge >= 0.3 is 12.0 Å². The normalized spacial score (nSPS) is 18.7. The molecule has 0 radical (unpaired) electrons. The summed E-state index contributed by atoms with van der Waals surface area (Å²) in [6, 6.07) is 6.85. The SMILES string of the molecule is COC(=O)C1=C(C)NC(=O)NC1c1cccc(C)c1. The highest BCUT2D eigenvalue weighted by atomic mass is 16.5. The van der Waals surface area contributed by atoms with Crippen LogP contribution in [0.5, 0.6) is 0 Å². The Morgan fingerprint density at radius 1 is 1.32 bits per heavy atom. The number of urea groups is 1. The molecule has 1 aromatic carbocycles. The van der Waals surface area contributed by atoms with Crippen molar-refractivity contribution in [1.82, 2.24) is 10.6 Å². The molecule has 1 aliphatic heterocycles. The van der Waals surface area contributed by atoms with Crippen LogP contribution in [0.2, 0.25) is 0 Å². The largest absolute Gasteiger partial charge is 0.466 e. The van der Waals surface area contributed by atoms with E-state index in [1.165, 1.54) is 7.11 Å². The lowest BCUT2D eigenvalue weighted by molar-refractivity contribution is -0.136. The molecule has 1 aromatic rings. The molecule has 0 aromatic heterocycles. The van der Waals surface area contributed by atoms with Gasteiger partial charge in [-0.2, -0.15) is 0 Å². The Morgan fingerprint density at radius 3 is 2.68 bits per heavy atom. The highest BCUT2D eigenvalue weighted by Crippen LogP contribution is 2.27. The summed E-state index contributed by atoms with van der Waals surface area (Å²) in [5, 5.41) is 5.33. The van der Waals surface area contributed by atoms with Gasteiger partial charge in [-0.1, -0.05) is 29.8 Å². The van der Waals surface area contributed by atoms with Crippen molar-refractivity contribution in [3.8, 4) is 0 Å². The van der Waals surface area contributed by atoms with Crippen molar-refractivity contribution in [2.45, 2.75) is 19.9 Å². The van der Waals surface area contributed by atoms with E-state index in [1.807, 2.05) is 31.2 Å². The second kappa shape index (κ2) is 5.14. The van der Waals surface area contributed by atoms with E-state index < -0.39 is 12.0 Å². The Morgan fingerprint density at radius 2 is 2.05 bits per heavy atom. The molecule has 2 amide bonds. The zero-order valence-corrected chi connectivity index (χ0v) is 11.1. The number of benzene rings is 1. The van der Waals surface area contributed by atoms with Gasteiger partial charge in [0.25, 0.3) is 0 Å². The summed E-state index contributed by atoms with van der Waals surface area (Å²) in [6.45, 7) is 3.65. The van der Waals surface area contributed by atoms with Gasteiger partial charge in [-0.05, 0) is 19.4 Å². The maximum atomic E-state index is 11.9. The van der Waals surface area contributed by atoms with E-state index in [9.17, 15) is 9.59 Å². The number of esters is 1. The lowest BCUT2D eigenvalue weighted by Crippen LogP contribution is -2.45. The predicted molar refractivity (Wildman–Crippen MR) is 70.3 cm³/mol. The van der Waals surface area contributed by atoms with E-state index in [0.29, 0.717) is 11.3 Å². The summed E-state index contributed by atoms with van der Waals surface area (Å²) in [5.41, 5.74) is 2.86. The number of carbonyl (C=O) groups is 2. The van der Waals surface area contributed by atoms with Crippen molar-refractivity contribution in [3.05, 3.63) is 46.7 Å². The van der Waals surface area contributed by atoms with Crippen molar-refractivity contribution in [1.29, 1.82) is 0 Å². The summed E-state index contributed by atoms with van der Waals surface area (Å²) in [5.74, 6) is -0.448. The van der Waals surface area contributed by atoms with Crippen molar-refractivity contribution >= 4 is 12.0 Å². The van der Waals surface area contributed by atoms with Crippen LogP contribution >= 0.6 is 0 Å². The number of ether oxygens (including phenoxy) is 1. The Bertz CT molecular complexity index is 564. The summed E-state index contributed by atoms with van der Waals surface area (Å²) < 4.78 is 4.79. The maximum absolute atomic E-state index is 11.9. The smallest absolute Gasteiger partial charge is 0.337 e. The Balaban J connectivity index is 2.49. The molecule has 2 rings (SSSR count). The number of hydrogen-bond donors (Lipinski definition) is 2. The van der Waals surface area contributed by atoms with Gasteiger partial charge < -0.3 is 15.4 Å². The quantitative estimate of drug-likeness (QED) is 0.797. The fourth-order valence-electron chi connectivity index (χ4n) is 2.17. The Hall–Kier alpha value is -2.30. The first-order chi connectivity index (χ1) is 9.02. The molecule has 0 spiro atoms. The molecular formula is C14H16N2O3. The van der Waals surface area contributed by atoms with Gasteiger partial charge in [0.15, 0.2) is 0 Å². The van der Waals surface area contributed by atoms with Crippen LogP contribution in [-0.2, 0) is 9.53 Å². The lowest BCUT2D eigenvalue weighted by Gasteiger charge is -2.28. The number of methoxy groups -OCH3 is 1. The van der Waals surface area contributed by atoms with Gasteiger partial charge in [0, 0.05) is 5.70 Å². The molecule has 1 atom stereocenters. The second-order valence-corrected chi connectivity index (χ2v) is 4.48.